The summed E-state index contributed by atoms with van der Waals surface area (Å²) in [5.74, 6) is 1.26. The molecule has 0 radical (unpaired) electrons. The maximum absolute atomic E-state index is 12.6. The second kappa shape index (κ2) is 4.96. The van der Waals surface area contributed by atoms with Crippen molar-refractivity contribution in [3.05, 3.63) is 23.2 Å². The normalized spacial score (nSPS) is 22.1. The van der Waals surface area contributed by atoms with Crippen molar-refractivity contribution in [2.24, 2.45) is 0 Å². The van der Waals surface area contributed by atoms with E-state index >= 15 is 0 Å². The fourth-order valence-corrected chi connectivity index (χ4v) is 2.81. The molecule has 3 rings (SSSR count). The van der Waals surface area contributed by atoms with Crippen LogP contribution in [0.25, 0.3) is 0 Å². The number of carbonyl (C=O) groups excluding carboxylic acids is 2. The smallest absolute Gasteiger partial charge is 0.258 e. The molecule has 2 aliphatic rings. The first kappa shape index (κ1) is 13.2. The van der Waals surface area contributed by atoms with E-state index in [-0.39, 0.29) is 17.9 Å². The van der Waals surface area contributed by atoms with Crippen molar-refractivity contribution in [2.45, 2.75) is 51.6 Å². The summed E-state index contributed by atoms with van der Waals surface area (Å²) in [5.41, 5.74) is 0.577. The van der Waals surface area contributed by atoms with Gasteiger partial charge in [-0.2, -0.15) is 0 Å². The van der Waals surface area contributed by atoms with Gasteiger partial charge >= 0.3 is 0 Å². The van der Waals surface area contributed by atoms with Gasteiger partial charge in [-0.25, -0.2) is 0 Å². The van der Waals surface area contributed by atoms with Gasteiger partial charge in [0, 0.05) is 12.6 Å². The quantitative estimate of drug-likeness (QED) is 0.915. The molecule has 108 valence electrons. The van der Waals surface area contributed by atoms with Crippen LogP contribution in [-0.4, -0.2) is 35.3 Å². The summed E-state index contributed by atoms with van der Waals surface area (Å²) in [4.78, 5) is 26.5. The molecule has 1 aromatic rings. The van der Waals surface area contributed by atoms with E-state index in [1.165, 1.54) is 0 Å². The predicted molar refractivity (Wildman–Crippen MR) is 73.4 cm³/mol. The lowest BCUT2D eigenvalue weighted by Gasteiger charge is -2.23. The minimum absolute atomic E-state index is 0.00350. The summed E-state index contributed by atoms with van der Waals surface area (Å²) < 4.78 is 5.42. The van der Waals surface area contributed by atoms with Gasteiger partial charge in [0.25, 0.3) is 5.91 Å². The molecule has 1 atom stereocenters. The second-order valence-electron chi connectivity index (χ2n) is 5.77. The first-order valence-electron chi connectivity index (χ1n) is 7.24. The molecule has 0 bridgehead atoms. The highest BCUT2D eigenvalue weighted by Gasteiger charge is 2.37. The van der Waals surface area contributed by atoms with E-state index < -0.39 is 0 Å². The number of furan rings is 1. The van der Waals surface area contributed by atoms with Gasteiger partial charge in [-0.05, 0) is 45.6 Å². The number of aryl methyl sites for hydroxylation is 2. The Morgan fingerprint density at radius 2 is 2.05 bits per heavy atom. The lowest BCUT2D eigenvalue weighted by Crippen LogP contribution is -2.46. The first-order valence-corrected chi connectivity index (χ1v) is 7.24. The Hall–Kier alpha value is -1.78. The van der Waals surface area contributed by atoms with Crippen molar-refractivity contribution in [3.8, 4) is 0 Å². The summed E-state index contributed by atoms with van der Waals surface area (Å²) in [6, 6.07) is 1.77. The standard InChI is InChI=1S/C15H20N2O3/c1-9-8-12(10(2)20-9)15(19)17-7-3-4-13(17)14(18)16-11-5-6-11/h8,11,13H,3-7H2,1-2H3,(H,16,18)/t13-/m1/s1. The van der Waals surface area contributed by atoms with E-state index in [0.29, 0.717) is 23.9 Å². The average molecular weight is 276 g/mol. The van der Waals surface area contributed by atoms with Crippen molar-refractivity contribution < 1.29 is 14.0 Å². The molecule has 5 nitrogen and oxygen atoms in total. The summed E-state index contributed by atoms with van der Waals surface area (Å²) in [5, 5.41) is 3.00. The van der Waals surface area contributed by atoms with Gasteiger partial charge in [0.1, 0.15) is 17.6 Å². The molecule has 0 aromatic carbocycles. The van der Waals surface area contributed by atoms with Gasteiger partial charge in [0.2, 0.25) is 5.91 Å². The van der Waals surface area contributed by atoms with Crippen LogP contribution in [0.4, 0.5) is 0 Å². The molecule has 2 fully saturated rings. The fraction of sp³-hybridized carbons (Fsp3) is 0.600. The number of carbonyl (C=O) groups is 2. The largest absolute Gasteiger partial charge is 0.466 e. The molecule has 2 amide bonds. The van der Waals surface area contributed by atoms with Gasteiger partial charge in [0.05, 0.1) is 5.56 Å². The molecule has 1 aliphatic heterocycles. The molecule has 1 N–H and O–H groups in total. The molecule has 0 unspecified atom stereocenters. The molecule has 20 heavy (non-hydrogen) atoms. The maximum Gasteiger partial charge on any atom is 0.258 e. The molecule has 1 saturated carbocycles. The Morgan fingerprint density at radius 3 is 2.65 bits per heavy atom. The van der Waals surface area contributed by atoms with Gasteiger partial charge in [0.15, 0.2) is 0 Å². The molecular weight excluding hydrogens is 256 g/mol. The number of likely N-dealkylation sites (tertiary alicyclic amines) is 1. The Morgan fingerprint density at radius 1 is 1.30 bits per heavy atom. The van der Waals surface area contributed by atoms with Gasteiger partial charge in [-0.3, -0.25) is 9.59 Å². The Labute approximate surface area is 118 Å². The third-order valence-electron chi connectivity index (χ3n) is 4.01. The van der Waals surface area contributed by atoms with Crippen LogP contribution in [0.15, 0.2) is 10.5 Å². The van der Waals surface area contributed by atoms with Crippen LogP contribution in [0.3, 0.4) is 0 Å². The molecule has 1 aliphatic carbocycles. The van der Waals surface area contributed by atoms with E-state index in [9.17, 15) is 9.59 Å². The van der Waals surface area contributed by atoms with Crippen LogP contribution >= 0.6 is 0 Å². The lowest BCUT2D eigenvalue weighted by atomic mass is 10.1. The van der Waals surface area contributed by atoms with Crippen molar-refractivity contribution in [1.82, 2.24) is 10.2 Å². The van der Waals surface area contributed by atoms with Crippen molar-refractivity contribution >= 4 is 11.8 Å². The van der Waals surface area contributed by atoms with Crippen LogP contribution in [0.2, 0.25) is 0 Å². The number of hydrogen-bond acceptors (Lipinski definition) is 3. The number of hydrogen-bond donors (Lipinski definition) is 1. The van der Waals surface area contributed by atoms with Gasteiger partial charge in [-0.1, -0.05) is 0 Å². The van der Waals surface area contributed by atoms with Crippen LogP contribution in [-0.2, 0) is 4.79 Å². The highest BCUT2D eigenvalue weighted by molar-refractivity contribution is 5.98. The van der Waals surface area contributed by atoms with Crippen molar-refractivity contribution in [1.29, 1.82) is 0 Å². The highest BCUT2D eigenvalue weighted by Crippen LogP contribution is 2.25. The maximum atomic E-state index is 12.6. The molecule has 5 heteroatoms. The zero-order valence-electron chi connectivity index (χ0n) is 11.9. The van der Waals surface area contributed by atoms with Crippen molar-refractivity contribution in [2.75, 3.05) is 6.54 Å². The minimum Gasteiger partial charge on any atom is -0.466 e. The predicted octanol–water partition coefficient (Wildman–Crippen LogP) is 1.78. The first-order chi connectivity index (χ1) is 9.56. The zero-order valence-corrected chi connectivity index (χ0v) is 11.9. The topological polar surface area (TPSA) is 62.6 Å². The molecule has 1 saturated heterocycles. The number of rotatable bonds is 3. The highest BCUT2D eigenvalue weighted by atomic mass is 16.3. The summed E-state index contributed by atoms with van der Waals surface area (Å²) in [6.45, 7) is 4.26. The fourth-order valence-electron chi connectivity index (χ4n) is 2.81. The molecule has 1 aromatic heterocycles. The second-order valence-corrected chi connectivity index (χ2v) is 5.77. The van der Waals surface area contributed by atoms with E-state index in [4.69, 9.17) is 4.42 Å². The minimum atomic E-state index is -0.322. The summed E-state index contributed by atoms with van der Waals surface area (Å²) in [6.07, 6.45) is 3.75. The van der Waals surface area contributed by atoms with Crippen LogP contribution in [0.1, 0.15) is 47.6 Å². The van der Waals surface area contributed by atoms with Crippen LogP contribution in [0, 0.1) is 13.8 Å². The number of nitrogens with one attached hydrogen (secondary N) is 1. The zero-order chi connectivity index (χ0) is 14.3. The van der Waals surface area contributed by atoms with Crippen molar-refractivity contribution in [3.63, 3.8) is 0 Å². The summed E-state index contributed by atoms with van der Waals surface area (Å²) >= 11 is 0. The Kier molecular flexibility index (Phi) is 3.28. The Bertz CT molecular complexity index is 545. The SMILES string of the molecule is Cc1cc(C(=O)N2CCC[C@@H]2C(=O)NC2CC2)c(C)o1. The monoisotopic (exact) mass is 276 g/mol. The Balaban J connectivity index is 1.75. The van der Waals surface area contributed by atoms with E-state index in [2.05, 4.69) is 5.32 Å². The number of nitrogens with zero attached hydrogens (tertiary/aromatic N) is 1. The third-order valence-corrected chi connectivity index (χ3v) is 4.01. The summed E-state index contributed by atoms with van der Waals surface area (Å²) in [7, 11) is 0. The lowest BCUT2D eigenvalue weighted by molar-refractivity contribution is -0.125. The van der Waals surface area contributed by atoms with E-state index in [1.54, 1.807) is 17.9 Å². The van der Waals surface area contributed by atoms with E-state index in [1.807, 2.05) is 6.92 Å². The molecule has 0 spiro atoms. The molecular formula is C15H20N2O3. The number of amides is 2. The average Bonchev–Trinajstić information content (AvgIpc) is 2.96. The van der Waals surface area contributed by atoms with Crippen LogP contribution < -0.4 is 5.32 Å². The van der Waals surface area contributed by atoms with Gasteiger partial charge in [-0.15, -0.1) is 0 Å². The van der Waals surface area contributed by atoms with E-state index in [0.717, 1.165) is 31.4 Å². The van der Waals surface area contributed by atoms with Crippen LogP contribution in [0.5, 0.6) is 0 Å². The third kappa shape index (κ3) is 2.44. The molecule has 2 heterocycles. The van der Waals surface area contributed by atoms with Gasteiger partial charge < -0.3 is 14.6 Å².